The summed E-state index contributed by atoms with van der Waals surface area (Å²) in [6, 6.07) is 0. The maximum absolute atomic E-state index is 12.8. The molecule has 10 heteroatoms. The fraction of sp³-hybridized carbons (Fsp3) is 0.957. The standard InChI is InChI=1S/C47H90O10/c1-3-5-7-9-11-13-15-16-17-18-19-20-21-22-23-24-25-26-28-30-32-34-36-43(50)56-40(39-55-47-46(53)45(52)44(51)41(37-48)57-47)38-54-42(49)35-33-31-29-27-14-12-10-8-6-4-2/h40-41,44-48,51-53H,3-39H2,1-2H3/t40-,41-,44+,45?,46?,47-/m1/s1. The molecule has 0 aliphatic carbocycles. The van der Waals surface area contributed by atoms with Gasteiger partial charge in [0.15, 0.2) is 12.4 Å². The summed E-state index contributed by atoms with van der Waals surface area (Å²) in [6.07, 6.45) is 32.7. The van der Waals surface area contributed by atoms with Crippen molar-refractivity contribution in [1.82, 2.24) is 0 Å². The molecule has 0 radical (unpaired) electrons. The van der Waals surface area contributed by atoms with Crippen molar-refractivity contribution in [3.8, 4) is 0 Å². The Bertz CT molecular complexity index is 901. The summed E-state index contributed by atoms with van der Waals surface area (Å²) in [6.45, 7) is 3.44. The zero-order chi connectivity index (χ0) is 41.6. The molecule has 0 amide bonds. The molecule has 0 spiro atoms. The van der Waals surface area contributed by atoms with E-state index in [0.717, 1.165) is 32.1 Å². The lowest BCUT2D eigenvalue weighted by atomic mass is 9.99. The van der Waals surface area contributed by atoms with E-state index in [0.29, 0.717) is 6.42 Å². The molecule has 6 atom stereocenters. The van der Waals surface area contributed by atoms with E-state index in [-0.39, 0.29) is 32.0 Å². The van der Waals surface area contributed by atoms with Crippen LogP contribution in [0.3, 0.4) is 0 Å². The van der Waals surface area contributed by atoms with Crippen molar-refractivity contribution in [3.05, 3.63) is 0 Å². The first-order valence-corrected chi connectivity index (χ1v) is 24.1. The van der Waals surface area contributed by atoms with E-state index < -0.39 is 49.4 Å². The normalized spacial score (nSPS) is 20.1. The van der Waals surface area contributed by atoms with Crippen LogP contribution in [0.2, 0.25) is 0 Å². The summed E-state index contributed by atoms with van der Waals surface area (Å²) in [5.74, 6) is -0.792. The molecule has 0 aromatic carbocycles. The number of ether oxygens (including phenoxy) is 4. The lowest BCUT2D eigenvalue weighted by Crippen LogP contribution is -2.59. The van der Waals surface area contributed by atoms with Crippen LogP contribution in [0.25, 0.3) is 0 Å². The molecule has 1 rings (SSSR count). The third kappa shape index (κ3) is 30.4. The number of carbonyl (C=O) groups is 2. The fourth-order valence-electron chi connectivity index (χ4n) is 7.66. The number of aliphatic hydroxyl groups is 4. The zero-order valence-corrected chi connectivity index (χ0v) is 36.9. The van der Waals surface area contributed by atoms with Gasteiger partial charge in [-0.05, 0) is 12.8 Å². The van der Waals surface area contributed by atoms with Crippen LogP contribution in [-0.2, 0) is 28.5 Å². The van der Waals surface area contributed by atoms with Gasteiger partial charge in [-0.2, -0.15) is 0 Å². The van der Waals surface area contributed by atoms with Crippen LogP contribution < -0.4 is 0 Å². The van der Waals surface area contributed by atoms with Crippen molar-refractivity contribution in [3.63, 3.8) is 0 Å². The Balaban J connectivity index is 2.22. The van der Waals surface area contributed by atoms with Crippen LogP contribution in [0.15, 0.2) is 0 Å². The minimum Gasteiger partial charge on any atom is -0.462 e. The van der Waals surface area contributed by atoms with E-state index in [2.05, 4.69) is 13.8 Å². The molecule has 0 bridgehead atoms. The van der Waals surface area contributed by atoms with E-state index in [9.17, 15) is 30.0 Å². The molecule has 10 nitrogen and oxygen atoms in total. The van der Waals surface area contributed by atoms with Gasteiger partial charge >= 0.3 is 11.9 Å². The first-order valence-electron chi connectivity index (χ1n) is 24.1. The Morgan fingerprint density at radius 3 is 1.19 bits per heavy atom. The van der Waals surface area contributed by atoms with E-state index in [1.807, 2.05) is 0 Å². The third-order valence-corrected chi connectivity index (χ3v) is 11.5. The summed E-state index contributed by atoms with van der Waals surface area (Å²) in [5, 5.41) is 40.1. The molecule has 1 fully saturated rings. The second-order valence-electron chi connectivity index (χ2n) is 16.9. The summed E-state index contributed by atoms with van der Waals surface area (Å²) in [7, 11) is 0. The maximum Gasteiger partial charge on any atom is 0.306 e. The summed E-state index contributed by atoms with van der Waals surface area (Å²) in [5.41, 5.74) is 0. The highest BCUT2D eigenvalue weighted by atomic mass is 16.7. The summed E-state index contributed by atoms with van der Waals surface area (Å²) >= 11 is 0. The van der Waals surface area contributed by atoms with Crippen LogP contribution in [-0.4, -0.2) is 89.0 Å². The highest BCUT2D eigenvalue weighted by molar-refractivity contribution is 5.70. The molecule has 2 unspecified atom stereocenters. The number of carbonyl (C=O) groups excluding carboxylic acids is 2. The number of unbranched alkanes of at least 4 members (excludes halogenated alkanes) is 30. The number of rotatable bonds is 41. The summed E-state index contributed by atoms with van der Waals surface area (Å²) < 4.78 is 22.2. The van der Waals surface area contributed by atoms with Crippen molar-refractivity contribution < 1.29 is 49.0 Å². The molecule has 0 saturated carbocycles. The number of hydrogen-bond acceptors (Lipinski definition) is 10. The van der Waals surface area contributed by atoms with E-state index in [1.165, 1.54) is 167 Å². The smallest absolute Gasteiger partial charge is 0.306 e. The fourth-order valence-corrected chi connectivity index (χ4v) is 7.66. The lowest BCUT2D eigenvalue weighted by molar-refractivity contribution is -0.305. The molecule has 4 N–H and O–H groups in total. The second kappa shape index (κ2) is 38.9. The van der Waals surface area contributed by atoms with Gasteiger partial charge in [-0.25, -0.2) is 0 Å². The molecular formula is C47H90O10. The Morgan fingerprint density at radius 2 is 0.825 bits per heavy atom. The minimum absolute atomic E-state index is 0.209. The van der Waals surface area contributed by atoms with Crippen molar-refractivity contribution in [2.75, 3.05) is 19.8 Å². The predicted octanol–water partition coefficient (Wildman–Crippen LogP) is 10.6. The molecule has 1 saturated heterocycles. The Hall–Kier alpha value is -1.30. The SMILES string of the molecule is CCCCCCCCCCCCCCCCCCCCCCCCC(=O)O[C@H](COC(=O)CCCCCCCCCCCC)CO[C@@H]1O[C@H](CO)[C@H](O)C(O)C1O. The van der Waals surface area contributed by atoms with Crippen LogP contribution in [0.4, 0.5) is 0 Å². The first kappa shape index (κ1) is 53.7. The third-order valence-electron chi connectivity index (χ3n) is 11.5. The van der Waals surface area contributed by atoms with Gasteiger partial charge in [-0.1, -0.05) is 206 Å². The second-order valence-corrected chi connectivity index (χ2v) is 16.9. The van der Waals surface area contributed by atoms with E-state index in [1.54, 1.807) is 0 Å². The monoisotopic (exact) mass is 815 g/mol. The minimum atomic E-state index is -1.59. The molecule has 1 heterocycles. The van der Waals surface area contributed by atoms with Crippen molar-refractivity contribution in [2.45, 2.75) is 269 Å². The van der Waals surface area contributed by atoms with Gasteiger partial charge in [0.2, 0.25) is 0 Å². The van der Waals surface area contributed by atoms with Crippen LogP contribution in [0.5, 0.6) is 0 Å². The lowest BCUT2D eigenvalue weighted by Gasteiger charge is -2.39. The molecule has 1 aliphatic rings. The molecule has 338 valence electrons. The molecule has 57 heavy (non-hydrogen) atoms. The Labute approximate surface area is 348 Å². The first-order chi connectivity index (χ1) is 27.8. The van der Waals surface area contributed by atoms with Crippen molar-refractivity contribution >= 4 is 11.9 Å². The van der Waals surface area contributed by atoms with Crippen molar-refractivity contribution in [2.24, 2.45) is 0 Å². The van der Waals surface area contributed by atoms with Crippen LogP contribution in [0.1, 0.15) is 232 Å². The topological polar surface area (TPSA) is 152 Å². The zero-order valence-electron chi connectivity index (χ0n) is 36.9. The van der Waals surface area contributed by atoms with Crippen LogP contribution >= 0.6 is 0 Å². The highest BCUT2D eigenvalue weighted by Crippen LogP contribution is 2.23. The quantitative estimate of drug-likeness (QED) is 0.0347. The summed E-state index contributed by atoms with van der Waals surface area (Å²) in [4.78, 5) is 25.3. The van der Waals surface area contributed by atoms with Crippen molar-refractivity contribution in [1.29, 1.82) is 0 Å². The van der Waals surface area contributed by atoms with Gasteiger partial charge in [0.25, 0.3) is 0 Å². The predicted molar refractivity (Wildman–Crippen MR) is 229 cm³/mol. The largest absolute Gasteiger partial charge is 0.462 e. The highest BCUT2D eigenvalue weighted by Gasteiger charge is 2.44. The number of aliphatic hydroxyl groups excluding tert-OH is 4. The van der Waals surface area contributed by atoms with Gasteiger partial charge in [0.05, 0.1) is 13.2 Å². The van der Waals surface area contributed by atoms with E-state index >= 15 is 0 Å². The van der Waals surface area contributed by atoms with Gasteiger partial charge in [0.1, 0.15) is 31.0 Å². The van der Waals surface area contributed by atoms with Gasteiger partial charge in [-0.3, -0.25) is 9.59 Å². The Kier molecular flexibility index (Phi) is 36.6. The van der Waals surface area contributed by atoms with Gasteiger partial charge in [0, 0.05) is 12.8 Å². The molecule has 1 aliphatic heterocycles. The molecule has 0 aromatic heterocycles. The Morgan fingerprint density at radius 1 is 0.474 bits per heavy atom. The molecular weight excluding hydrogens is 725 g/mol. The van der Waals surface area contributed by atoms with Gasteiger partial charge < -0.3 is 39.4 Å². The average Bonchev–Trinajstić information content (AvgIpc) is 3.21. The average molecular weight is 815 g/mol. The van der Waals surface area contributed by atoms with E-state index in [4.69, 9.17) is 18.9 Å². The molecule has 0 aromatic rings. The number of hydrogen-bond donors (Lipinski definition) is 4. The maximum atomic E-state index is 12.8. The van der Waals surface area contributed by atoms with Crippen LogP contribution in [0, 0.1) is 0 Å². The van der Waals surface area contributed by atoms with Gasteiger partial charge in [-0.15, -0.1) is 0 Å². The number of esters is 2.